The van der Waals surface area contributed by atoms with Crippen molar-refractivity contribution in [1.29, 1.82) is 10.5 Å². The molecule has 0 aliphatic carbocycles. The first-order valence-electron chi connectivity index (χ1n) is 5.18. The third-order valence-electron chi connectivity index (χ3n) is 2.09. The predicted octanol–water partition coefficient (Wildman–Crippen LogP) is 3.29. The average Bonchev–Trinajstić information content (AvgIpc) is 2.36. The minimum atomic E-state index is 0.0366. The van der Waals surface area contributed by atoms with Crippen molar-refractivity contribution in [2.45, 2.75) is 6.92 Å². The summed E-state index contributed by atoms with van der Waals surface area (Å²) in [6.07, 6.45) is 1.49. The molecule has 5 heteroatoms. The van der Waals surface area contributed by atoms with E-state index < -0.39 is 0 Å². The summed E-state index contributed by atoms with van der Waals surface area (Å²) in [5.74, 6) is 1.15. The molecule has 0 spiro atoms. The number of hydrogen-bond acceptors (Lipinski definition) is 4. The van der Waals surface area contributed by atoms with Gasteiger partial charge in [0.2, 0.25) is 0 Å². The Morgan fingerprint density at radius 1 is 1.39 bits per heavy atom. The van der Waals surface area contributed by atoms with E-state index in [9.17, 15) is 0 Å². The molecule has 92 valence electrons. The third kappa shape index (κ3) is 3.26. The first-order valence-corrected chi connectivity index (χ1v) is 5.97. The van der Waals surface area contributed by atoms with E-state index in [1.54, 1.807) is 19.2 Å². The van der Waals surface area contributed by atoms with Crippen molar-refractivity contribution in [2.24, 2.45) is 0 Å². The molecular weight excluding hydrogens is 296 g/mol. The molecule has 0 aliphatic rings. The summed E-state index contributed by atoms with van der Waals surface area (Å²) >= 11 is 3.36. The highest BCUT2D eigenvalue weighted by Crippen LogP contribution is 2.37. The number of nitrogens with zero attached hydrogens (tertiary/aromatic N) is 2. The molecule has 0 radical (unpaired) electrons. The lowest BCUT2D eigenvalue weighted by atomic mass is 10.1. The highest BCUT2D eigenvalue weighted by molar-refractivity contribution is 9.10. The number of hydrogen-bond donors (Lipinski definition) is 0. The van der Waals surface area contributed by atoms with Gasteiger partial charge in [-0.25, -0.2) is 0 Å². The predicted molar refractivity (Wildman–Crippen MR) is 71.1 cm³/mol. The van der Waals surface area contributed by atoms with Gasteiger partial charge >= 0.3 is 0 Å². The second-order valence-electron chi connectivity index (χ2n) is 3.25. The van der Waals surface area contributed by atoms with Crippen LogP contribution in [0.5, 0.6) is 11.5 Å². The largest absolute Gasteiger partial charge is 0.492 e. The van der Waals surface area contributed by atoms with Gasteiger partial charge in [-0.05, 0) is 46.6 Å². The summed E-state index contributed by atoms with van der Waals surface area (Å²) in [6.45, 7) is 2.37. The van der Waals surface area contributed by atoms with Crippen molar-refractivity contribution in [3.05, 3.63) is 27.7 Å². The molecule has 0 amide bonds. The maximum atomic E-state index is 8.72. The van der Waals surface area contributed by atoms with E-state index in [1.807, 2.05) is 19.1 Å². The quantitative estimate of drug-likeness (QED) is 0.801. The number of methoxy groups -OCH3 is 1. The average molecular weight is 307 g/mol. The molecule has 1 rings (SSSR count). The molecule has 4 nitrogen and oxygen atoms in total. The summed E-state index contributed by atoms with van der Waals surface area (Å²) in [5.41, 5.74) is 0.735. The maximum absolute atomic E-state index is 8.72. The highest BCUT2D eigenvalue weighted by atomic mass is 79.9. The van der Waals surface area contributed by atoms with E-state index in [0.29, 0.717) is 28.1 Å². The van der Waals surface area contributed by atoms with Crippen LogP contribution in [0.3, 0.4) is 0 Å². The van der Waals surface area contributed by atoms with Crippen LogP contribution in [0.4, 0.5) is 0 Å². The Balaban J connectivity index is 3.30. The normalized spacial score (nSPS) is 8.94. The van der Waals surface area contributed by atoms with Crippen LogP contribution in [0.2, 0.25) is 0 Å². The van der Waals surface area contributed by atoms with Crippen LogP contribution in [0.15, 0.2) is 22.2 Å². The lowest BCUT2D eigenvalue weighted by molar-refractivity contribution is 0.310. The molecule has 0 N–H and O–H groups in total. The zero-order valence-electron chi connectivity index (χ0n) is 10.0. The number of nitriles is 2. The lowest BCUT2D eigenvalue weighted by Crippen LogP contribution is -1.96. The van der Waals surface area contributed by atoms with Crippen LogP contribution >= 0.6 is 15.9 Å². The second-order valence-corrected chi connectivity index (χ2v) is 4.10. The first kappa shape index (κ1) is 14.1. The first-order chi connectivity index (χ1) is 8.65. The van der Waals surface area contributed by atoms with Crippen molar-refractivity contribution in [3.63, 3.8) is 0 Å². The van der Waals surface area contributed by atoms with Crippen molar-refractivity contribution in [3.8, 4) is 23.6 Å². The maximum Gasteiger partial charge on any atom is 0.174 e. The highest BCUT2D eigenvalue weighted by Gasteiger charge is 2.10. The second kappa shape index (κ2) is 6.68. The minimum Gasteiger partial charge on any atom is -0.492 e. The van der Waals surface area contributed by atoms with Gasteiger partial charge in [-0.3, -0.25) is 0 Å². The van der Waals surface area contributed by atoms with Gasteiger partial charge in [0.1, 0.15) is 17.7 Å². The van der Waals surface area contributed by atoms with Gasteiger partial charge in [-0.2, -0.15) is 10.5 Å². The van der Waals surface area contributed by atoms with Crippen LogP contribution in [0.25, 0.3) is 6.08 Å². The molecule has 0 heterocycles. The molecule has 0 atom stereocenters. The fourth-order valence-corrected chi connectivity index (χ4v) is 2.01. The van der Waals surface area contributed by atoms with Gasteiger partial charge in [-0.1, -0.05) is 0 Å². The standard InChI is InChI=1S/C13H11BrN2O2/c1-3-18-12-6-9(4-10(7-15)8-16)5-11(14)13(12)17-2/h4-6H,3H2,1-2H3. The minimum absolute atomic E-state index is 0.0366. The molecule has 0 aliphatic heterocycles. The van der Waals surface area contributed by atoms with Gasteiger partial charge in [0, 0.05) is 0 Å². The van der Waals surface area contributed by atoms with Gasteiger partial charge in [0.25, 0.3) is 0 Å². The summed E-state index contributed by atoms with van der Waals surface area (Å²) < 4.78 is 11.4. The van der Waals surface area contributed by atoms with Gasteiger partial charge < -0.3 is 9.47 Å². The van der Waals surface area contributed by atoms with Crippen molar-refractivity contribution >= 4 is 22.0 Å². The van der Waals surface area contributed by atoms with E-state index in [-0.39, 0.29) is 5.57 Å². The third-order valence-corrected chi connectivity index (χ3v) is 2.68. The molecule has 0 aromatic heterocycles. The number of allylic oxidation sites excluding steroid dienone is 1. The number of benzene rings is 1. The topological polar surface area (TPSA) is 66.0 Å². The molecule has 1 aromatic carbocycles. The molecule has 0 saturated carbocycles. The van der Waals surface area contributed by atoms with E-state index >= 15 is 0 Å². The van der Waals surface area contributed by atoms with E-state index in [1.165, 1.54) is 6.08 Å². The molecule has 18 heavy (non-hydrogen) atoms. The number of halogens is 1. The molecule has 0 unspecified atom stereocenters. The monoisotopic (exact) mass is 306 g/mol. The van der Waals surface area contributed by atoms with Crippen LogP contribution in [0.1, 0.15) is 12.5 Å². The van der Waals surface area contributed by atoms with E-state index in [0.717, 1.165) is 0 Å². The molecule has 0 fully saturated rings. The fraction of sp³-hybridized carbons (Fsp3) is 0.231. The van der Waals surface area contributed by atoms with Gasteiger partial charge in [0.05, 0.1) is 18.2 Å². The Morgan fingerprint density at radius 2 is 2.06 bits per heavy atom. The smallest absolute Gasteiger partial charge is 0.174 e. The molecule has 1 aromatic rings. The fourth-order valence-electron chi connectivity index (χ4n) is 1.39. The Hall–Kier alpha value is -1.98. The van der Waals surface area contributed by atoms with E-state index in [4.69, 9.17) is 20.0 Å². The summed E-state index contributed by atoms with van der Waals surface area (Å²) in [5, 5.41) is 17.4. The van der Waals surface area contributed by atoms with Crippen LogP contribution in [-0.4, -0.2) is 13.7 Å². The molecule has 0 saturated heterocycles. The SMILES string of the molecule is CCOc1cc(C=C(C#N)C#N)cc(Br)c1OC. The Morgan fingerprint density at radius 3 is 2.56 bits per heavy atom. The Bertz CT molecular complexity index is 537. The van der Waals surface area contributed by atoms with Crippen LogP contribution < -0.4 is 9.47 Å². The summed E-state index contributed by atoms with van der Waals surface area (Å²) in [4.78, 5) is 0. The molecule has 0 bridgehead atoms. The van der Waals surface area contributed by atoms with Crippen molar-refractivity contribution in [2.75, 3.05) is 13.7 Å². The Labute approximate surface area is 114 Å². The van der Waals surface area contributed by atoms with Crippen molar-refractivity contribution < 1.29 is 9.47 Å². The zero-order valence-corrected chi connectivity index (χ0v) is 11.6. The van der Waals surface area contributed by atoms with Gasteiger partial charge in [0.15, 0.2) is 11.5 Å². The Kier molecular flexibility index (Phi) is 5.23. The van der Waals surface area contributed by atoms with Crippen LogP contribution in [0, 0.1) is 22.7 Å². The zero-order chi connectivity index (χ0) is 13.5. The van der Waals surface area contributed by atoms with Crippen LogP contribution in [-0.2, 0) is 0 Å². The molecular formula is C13H11BrN2O2. The lowest BCUT2D eigenvalue weighted by Gasteiger charge is -2.11. The number of rotatable bonds is 4. The number of ether oxygens (including phenoxy) is 2. The summed E-state index contributed by atoms with van der Waals surface area (Å²) in [7, 11) is 1.55. The van der Waals surface area contributed by atoms with Gasteiger partial charge in [-0.15, -0.1) is 0 Å². The van der Waals surface area contributed by atoms with Crippen molar-refractivity contribution in [1.82, 2.24) is 0 Å². The van der Waals surface area contributed by atoms with E-state index in [2.05, 4.69) is 15.9 Å². The summed E-state index contributed by atoms with van der Waals surface area (Å²) in [6, 6.07) is 7.11.